The van der Waals surface area contributed by atoms with Crippen molar-refractivity contribution >= 4 is 46.3 Å². The minimum atomic E-state index is -0.379. The average Bonchev–Trinajstić information content (AvgIpc) is 3.22. The Bertz CT molecular complexity index is 1600. The van der Waals surface area contributed by atoms with E-state index in [2.05, 4.69) is 16.9 Å². The summed E-state index contributed by atoms with van der Waals surface area (Å²) in [6, 6.07) is 6.88. The van der Waals surface area contributed by atoms with E-state index in [0.29, 0.717) is 56.8 Å². The molecule has 1 aliphatic heterocycles. The number of likely N-dealkylation sites (tertiary alicyclic amines) is 1. The van der Waals surface area contributed by atoms with E-state index in [1.54, 1.807) is 24.0 Å². The summed E-state index contributed by atoms with van der Waals surface area (Å²) >= 11 is 7.13. The Morgan fingerprint density at radius 3 is 2.56 bits per heavy atom. The molecule has 240 valence electrons. The van der Waals surface area contributed by atoms with Crippen LogP contribution in [0, 0.1) is 0 Å². The van der Waals surface area contributed by atoms with Crippen LogP contribution in [0.25, 0.3) is 11.0 Å². The lowest BCUT2D eigenvalue weighted by molar-refractivity contribution is -0.842. The molecule has 0 spiro atoms. The van der Waals surface area contributed by atoms with Crippen molar-refractivity contribution in [2.45, 2.75) is 70.1 Å². The van der Waals surface area contributed by atoms with Gasteiger partial charge in [0, 0.05) is 43.8 Å². The number of quaternary nitrogens is 1. The Balaban J connectivity index is 1.49. The molecule has 45 heavy (non-hydrogen) atoms. The average molecular weight is 638 g/mol. The molecular weight excluding hydrogens is 596 g/mol. The van der Waals surface area contributed by atoms with Crippen LogP contribution >= 0.6 is 11.6 Å². The van der Waals surface area contributed by atoms with E-state index >= 15 is 0 Å². The highest BCUT2D eigenvalue weighted by Crippen LogP contribution is 2.40. The molecule has 11 nitrogen and oxygen atoms in total. The van der Waals surface area contributed by atoms with Crippen molar-refractivity contribution in [1.82, 2.24) is 19.4 Å². The molecule has 3 heterocycles. The number of pyridine rings is 1. The van der Waals surface area contributed by atoms with Crippen molar-refractivity contribution in [2.75, 3.05) is 39.6 Å². The Morgan fingerprint density at radius 1 is 1.11 bits per heavy atom. The SMILES string of the molecule is C=CC(=O)N1CCCC[C@@H](n2c(NC(=O)c3ccnc(OC)c3)nc3ccc(OC4CCC([N+](C)(C)C(C)=O)CC4)c(Cl)c32)C1. The zero-order chi connectivity index (χ0) is 32.3. The second-order valence-electron chi connectivity index (χ2n) is 12.3. The van der Waals surface area contributed by atoms with Crippen molar-refractivity contribution in [1.29, 1.82) is 0 Å². The summed E-state index contributed by atoms with van der Waals surface area (Å²) in [6.45, 7) is 6.36. The molecule has 3 amide bonds. The van der Waals surface area contributed by atoms with E-state index in [1.807, 2.05) is 30.8 Å². The predicted octanol–water partition coefficient (Wildman–Crippen LogP) is 5.40. The molecule has 0 radical (unpaired) electrons. The van der Waals surface area contributed by atoms with Crippen LogP contribution in [0.5, 0.6) is 11.6 Å². The molecule has 12 heteroatoms. The second kappa shape index (κ2) is 13.6. The van der Waals surface area contributed by atoms with Gasteiger partial charge in [0.2, 0.25) is 17.7 Å². The highest BCUT2D eigenvalue weighted by atomic mass is 35.5. The summed E-state index contributed by atoms with van der Waals surface area (Å²) < 4.78 is 14.0. The fourth-order valence-electron chi connectivity index (χ4n) is 6.40. The quantitative estimate of drug-likeness (QED) is 0.260. The third-order valence-electron chi connectivity index (χ3n) is 9.35. The van der Waals surface area contributed by atoms with Crippen LogP contribution in [0.3, 0.4) is 0 Å². The Labute approximate surface area is 268 Å². The third-order valence-corrected chi connectivity index (χ3v) is 9.71. The first-order chi connectivity index (χ1) is 21.5. The standard InChI is InChI=1S/C33H41ClN6O5/c1-6-29(42)38-18-8-7-9-23(20-38)39-31-26(36-33(39)37-32(43)22-16-17-35-28(19-22)44-5)14-15-27(30(31)34)45-25-12-10-24(11-13-25)40(3,4)21(2)41/h6,14-17,19,23-25H,1,7-13,18,20H2,2-5H3/p+1/t23-,24?,25?/m1/s1. The van der Waals surface area contributed by atoms with Gasteiger partial charge in [-0.1, -0.05) is 18.2 Å². The predicted molar refractivity (Wildman–Crippen MR) is 173 cm³/mol. The number of imidazole rings is 1. The molecule has 1 aliphatic carbocycles. The van der Waals surface area contributed by atoms with Crippen molar-refractivity contribution in [2.24, 2.45) is 0 Å². The number of fused-ring (bicyclic) bond motifs is 1. The second-order valence-corrected chi connectivity index (χ2v) is 12.7. The van der Waals surface area contributed by atoms with Gasteiger partial charge in [-0.2, -0.15) is 0 Å². The monoisotopic (exact) mass is 637 g/mol. The Kier molecular flexibility index (Phi) is 9.79. The molecule has 1 N–H and O–H groups in total. The summed E-state index contributed by atoms with van der Waals surface area (Å²) in [5, 5.41) is 3.38. The van der Waals surface area contributed by atoms with Crippen molar-refractivity contribution in [3.63, 3.8) is 0 Å². The molecule has 1 saturated carbocycles. The van der Waals surface area contributed by atoms with Crippen LogP contribution < -0.4 is 14.8 Å². The van der Waals surface area contributed by atoms with E-state index in [-0.39, 0.29) is 35.9 Å². The van der Waals surface area contributed by atoms with Gasteiger partial charge < -0.3 is 18.9 Å². The van der Waals surface area contributed by atoms with Crippen LogP contribution in [0.4, 0.5) is 5.95 Å². The number of hydrogen-bond acceptors (Lipinski definition) is 7. The maximum atomic E-state index is 13.4. The zero-order valence-electron chi connectivity index (χ0n) is 26.4. The van der Waals surface area contributed by atoms with Gasteiger partial charge in [-0.3, -0.25) is 19.4 Å². The summed E-state index contributed by atoms with van der Waals surface area (Å²) in [6.07, 6.45) is 8.66. The van der Waals surface area contributed by atoms with Crippen LogP contribution in [0.1, 0.15) is 68.3 Å². The molecule has 5 rings (SSSR count). The number of anilines is 1. The number of nitrogens with zero attached hydrogens (tertiary/aromatic N) is 5. The maximum absolute atomic E-state index is 13.4. The first kappa shape index (κ1) is 32.4. The Morgan fingerprint density at radius 2 is 1.87 bits per heavy atom. The summed E-state index contributed by atoms with van der Waals surface area (Å²) in [5.41, 5.74) is 1.60. The molecular formula is C33H42ClN6O5+. The largest absolute Gasteiger partial charge is 0.489 e. The number of hydrogen-bond donors (Lipinski definition) is 1. The maximum Gasteiger partial charge on any atom is 0.310 e. The number of halogens is 1. The number of rotatable bonds is 8. The number of carbonyl (C=O) groups excluding carboxylic acids is 3. The molecule has 2 aliphatic rings. The van der Waals surface area contributed by atoms with E-state index < -0.39 is 0 Å². The van der Waals surface area contributed by atoms with Crippen LogP contribution in [0.2, 0.25) is 5.02 Å². The molecule has 2 fully saturated rings. The van der Waals surface area contributed by atoms with E-state index in [0.717, 1.165) is 44.9 Å². The lowest BCUT2D eigenvalue weighted by Gasteiger charge is -2.39. The fraction of sp³-hybridized carbons (Fsp3) is 0.485. The van der Waals surface area contributed by atoms with Crippen molar-refractivity contribution in [3.8, 4) is 11.6 Å². The number of benzene rings is 1. The molecule has 1 atom stereocenters. The smallest absolute Gasteiger partial charge is 0.310 e. The topological polar surface area (TPSA) is 116 Å². The summed E-state index contributed by atoms with van der Waals surface area (Å²) in [7, 11) is 5.43. The number of methoxy groups -OCH3 is 1. The summed E-state index contributed by atoms with van der Waals surface area (Å²) in [5.74, 6) is 0.820. The number of carbonyl (C=O) groups is 3. The fourth-order valence-corrected chi connectivity index (χ4v) is 6.70. The van der Waals surface area contributed by atoms with Crippen LogP contribution in [-0.4, -0.2) is 88.1 Å². The number of aromatic nitrogens is 3. The van der Waals surface area contributed by atoms with Gasteiger partial charge in [0.05, 0.1) is 57.3 Å². The van der Waals surface area contributed by atoms with Crippen molar-refractivity contribution in [3.05, 3.63) is 53.7 Å². The first-order valence-electron chi connectivity index (χ1n) is 15.5. The van der Waals surface area contributed by atoms with Gasteiger partial charge in [-0.25, -0.2) is 14.8 Å². The van der Waals surface area contributed by atoms with E-state index in [1.165, 1.54) is 19.4 Å². The number of ether oxygens (including phenoxy) is 2. The van der Waals surface area contributed by atoms with Gasteiger partial charge in [-0.15, -0.1) is 0 Å². The van der Waals surface area contributed by atoms with Gasteiger partial charge in [-0.05, 0) is 56.4 Å². The molecule has 3 aromatic rings. The van der Waals surface area contributed by atoms with Gasteiger partial charge in [0.15, 0.2) is 0 Å². The minimum Gasteiger partial charge on any atom is -0.489 e. The van der Waals surface area contributed by atoms with Gasteiger partial charge in [0.1, 0.15) is 10.8 Å². The first-order valence-corrected chi connectivity index (χ1v) is 15.9. The van der Waals surface area contributed by atoms with Gasteiger partial charge >= 0.3 is 5.91 Å². The Hall–Kier alpha value is -3.96. The van der Waals surface area contributed by atoms with E-state index in [4.69, 9.17) is 26.1 Å². The van der Waals surface area contributed by atoms with Crippen molar-refractivity contribution < 1.29 is 28.3 Å². The highest BCUT2D eigenvalue weighted by Gasteiger charge is 2.37. The van der Waals surface area contributed by atoms with E-state index in [9.17, 15) is 14.4 Å². The molecule has 2 aromatic heterocycles. The lowest BCUT2D eigenvalue weighted by atomic mass is 9.90. The minimum absolute atomic E-state index is 0.0426. The van der Waals surface area contributed by atoms with Gasteiger partial charge in [0.25, 0.3) is 5.91 Å². The van der Waals surface area contributed by atoms with Crippen LogP contribution in [-0.2, 0) is 9.59 Å². The zero-order valence-corrected chi connectivity index (χ0v) is 27.2. The third kappa shape index (κ3) is 6.84. The molecule has 0 unspecified atom stereocenters. The number of nitrogens with one attached hydrogen (secondary N) is 1. The lowest BCUT2D eigenvalue weighted by Crippen LogP contribution is -2.54. The number of amides is 3. The molecule has 1 aromatic carbocycles. The van der Waals surface area contributed by atoms with Crippen LogP contribution in [0.15, 0.2) is 43.1 Å². The molecule has 0 bridgehead atoms. The highest BCUT2D eigenvalue weighted by molar-refractivity contribution is 6.36. The normalized spacial score (nSPS) is 20.7. The summed E-state index contributed by atoms with van der Waals surface area (Å²) in [4.78, 5) is 49.0. The molecule has 1 saturated heterocycles.